The molecule has 1 unspecified atom stereocenters. The standard InChI is InChI=1S/C15H23ClN2O2S/c1-17(11-9-14-6-3-2-4-7-14)21(19,20)18-10-5-8-15(12-16)13-18/h2-4,6-7,15H,5,8-13H2,1H3. The molecule has 1 saturated heterocycles. The van der Waals surface area contributed by atoms with Crippen molar-refractivity contribution in [3.8, 4) is 0 Å². The third-order valence-electron chi connectivity index (χ3n) is 3.98. The van der Waals surface area contributed by atoms with Gasteiger partial charge in [-0.1, -0.05) is 30.3 Å². The molecule has 1 aliphatic rings. The summed E-state index contributed by atoms with van der Waals surface area (Å²) in [5.41, 5.74) is 1.15. The molecule has 0 radical (unpaired) electrons. The Balaban J connectivity index is 1.95. The van der Waals surface area contributed by atoms with Gasteiger partial charge in [-0.25, -0.2) is 0 Å². The number of hydrogen-bond donors (Lipinski definition) is 0. The Morgan fingerprint density at radius 3 is 2.71 bits per heavy atom. The Bertz CT molecular complexity index is 536. The second-order valence-corrected chi connectivity index (χ2v) is 7.93. The normalized spacial score (nSPS) is 20.8. The predicted molar refractivity (Wildman–Crippen MR) is 86.7 cm³/mol. The summed E-state index contributed by atoms with van der Waals surface area (Å²) in [4.78, 5) is 0. The zero-order valence-electron chi connectivity index (χ0n) is 12.4. The van der Waals surface area contributed by atoms with Crippen molar-refractivity contribution in [1.29, 1.82) is 0 Å². The number of likely N-dealkylation sites (N-methyl/N-ethyl adjacent to an activating group) is 1. The number of piperidine rings is 1. The van der Waals surface area contributed by atoms with Crippen molar-refractivity contribution in [3.05, 3.63) is 35.9 Å². The molecule has 21 heavy (non-hydrogen) atoms. The summed E-state index contributed by atoms with van der Waals surface area (Å²) in [5.74, 6) is 0.803. The molecule has 2 rings (SSSR count). The van der Waals surface area contributed by atoms with Gasteiger partial charge in [0.1, 0.15) is 0 Å². The van der Waals surface area contributed by atoms with E-state index in [1.807, 2.05) is 30.3 Å². The third kappa shape index (κ3) is 4.42. The molecule has 1 aliphatic heterocycles. The highest BCUT2D eigenvalue weighted by atomic mass is 35.5. The van der Waals surface area contributed by atoms with Crippen LogP contribution in [0.2, 0.25) is 0 Å². The second-order valence-electron chi connectivity index (χ2n) is 5.59. The van der Waals surface area contributed by atoms with E-state index in [0.29, 0.717) is 25.5 Å². The molecule has 0 N–H and O–H groups in total. The van der Waals surface area contributed by atoms with Crippen molar-refractivity contribution < 1.29 is 8.42 Å². The molecular formula is C15H23ClN2O2S. The van der Waals surface area contributed by atoms with E-state index in [2.05, 4.69) is 0 Å². The lowest BCUT2D eigenvalue weighted by Gasteiger charge is -2.33. The Morgan fingerprint density at radius 1 is 1.33 bits per heavy atom. The third-order valence-corrected chi connectivity index (χ3v) is 6.37. The molecule has 1 aromatic rings. The first-order chi connectivity index (χ1) is 10.0. The fourth-order valence-corrected chi connectivity index (χ4v) is 4.33. The SMILES string of the molecule is CN(CCc1ccccc1)S(=O)(=O)N1CCCC(CCl)C1. The molecule has 6 heteroatoms. The van der Waals surface area contributed by atoms with Crippen LogP contribution in [-0.4, -0.2) is 49.6 Å². The van der Waals surface area contributed by atoms with Crippen molar-refractivity contribution in [1.82, 2.24) is 8.61 Å². The van der Waals surface area contributed by atoms with E-state index in [4.69, 9.17) is 11.6 Å². The van der Waals surface area contributed by atoms with Crippen LogP contribution in [0.25, 0.3) is 0 Å². The average molecular weight is 331 g/mol. The van der Waals surface area contributed by atoms with E-state index in [9.17, 15) is 8.42 Å². The summed E-state index contributed by atoms with van der Waals surface area (Å²) in [6, 6.07) is 9.94. The van der Waals surface area contributed by atoms with Gasteiger partial charge in [-0.15, -0.1) is 11.6 Å². The maximum Gasteiger partial charge on any atom is 0.281 e. The van der Waals surface area contributed by atoms with Gasteiger partial charge in [-0.2, -0.15) is 17.0 Å². The number of nitrogens with zero attached hydrogens (tertiary/aromatic N) is 2. The van der Waals surface area contributed by atoms with E-state index in [1.165, 1.54) is 4.31 Å². The van der Waals surface area contributed by atoms with Gasteiger partial charge in [-0.05, 0) is 30.7 Å². The summed E-state index contributed by atoms with van der Waals surface area (Å²) in [5, 5.41) is 0. The highest BCUT2D eigenvalue weighted by Crippen LogP contribution is 2.21. The first kappa shape index (κ1) is 16.7. The topological polar surface area (TPSA) is 40.6 Å². The lowest BCUT2D eigenvalue weighted by molar-refractivity contribution is 0.266. The lowest BCUT2D eigenvalue weighted by atomic mass is 10.0. The highest BCUT2D eigenvalue weighted by Gasteiger charge is 2.31. The molecule has 0 saturated carbocycles. The number of benzene rings is 1. The average Bonchev–Trinajstić information content (AvgIpc) is 2.53. The first-order valence-electron chi connectivity index (χ1n) is 7.35. The fraction of sp³-hybridized carbons (Fsp3) is 0.600. The van der Waals surface area contributed by atoms with Crippen molar-refractivity contribution >= 4 is 21.8 Å². The van der Waals surface area contributed by atoms with Gasteiger partial charge in [0.2, 0.25) is 0 Å². The van der Waals surface area contributed by atoms with E-state index in [-0.39, 0.29) is 5.92 Å². The molecule has 0 amide bonds. The molecule has 0 aromatic heterocycles. The Morgan fingerprint density at radius 2 is 2.05 bits per heavy atom. The minimum Gasteiger partial charge on any atom is -0.195 e. The molecular weight excluding hydrogens is 308 g/mol. The summed E-state index contributed by atoms with van der Waals surface area (Å²) < 4.78 is 28.2. The highest BCUT2D eigenvalue weighted by molar-refractivity contribution is 7.86. The largest absolute Gasteiger partial charge is 0.281 e. The zero-order chi connectivity index (χ0) is 15.3. The Hall–Kier alpha value is -0.620. The van der Waals surface area contributed by atoms with E-state index in [0.717, 1.165) is 24.8 Å². The van der Waals surface area contributed by atoms with Crippen LogP contribution in [-0.2, 0) is 16.6 Å². The van der Waals surface area contributed by atoms with Crippen LogP contribution < -0.4 is 0 Å². The molecule has 1 fully saturated rings. The van der Waals surface area contributed by atoms with Crippen LogP contribution in [0.3, 0.4) is 0 Å². The monoisotopic (exact) mass is 330 g/mol. The van der Waals surface area contributed by atoms with Crippen LogP contribution in [0.4, 0.5) is 0 Å². The molecule has 118 valence electrons. The smallest absolute Gasteiger partial charge is 0.195 e. The number of halogens is 1. The van der Waals surface area contributed by atoms with Crippen LogP contribution in [0.1, 0.15) is 18.4 Å². The molecule has 4 nitrogen and oxygen atoms in total. The van der Waals surface area contributed by atoms with Gasteiger partial charge in [0.25, 0.3) is 10.2 Å². The zero-order valence-corrected chi connectivity index (χ0v) is 14.0. The summed E-state index contributed by atoms with van der Waals surface area (Å²) >= 11 is 5.88. The van der Waals surface area contributed by atoms with Crippen molar-refractivity contribution in [2.24, 2.45) is 5.92 Å². The lowest BCUT2D eigenvalue weighted by Crippen LogP contribution is -2.47. The van der Waals surface area contributed by atoms with Crippen molar-refractivity contribution in [2.75, 3.05) is 32.6 Å². The minimum atomic E-state index is -3.37. The van der Waals surface area contributed by atoms with Gasteiger partial charge < -0.3 is 0 Å². The Kier molecular flexibility index (Phi) is 6.05. The molecule has 1 heterocycles. The van der Waals surface area contributed by atoms with Crippen LogP contribution in [0, 0.1) is 5.92 Å². The van der Waals surface area contributed by atoms with Gasteiger partial charge in [0.15, 0.2) is 0 Å². The van der Waals surface area contributed by atoms with Crippen LogP contribution in [0.5, 0.6) is 0 Å². The first-order valence-corrected chi connectivity index (χ1v) is 9.28. The van der Waals surface area contributed by atoms with Crippen LogP contribution in [0.15, 0.2) is 30.3 Å². The maximum absolute atomic E-state index is 12.6. The van der Waals surface area contributed by atoms with E-state index >= 15 is 0 Å². The number of rotatable bonds is 6. The summed E-state index contributed by atoms with van der Waals surface area (Å²) in [7, 11) is -1.71. The summed E-state index contributed by atoms with van der Waals surface area (Å²) in [6.45, 7) is 1.64. The summed E-state index contributed by atoms with van der Waals surface area (Å²) in [6.07, 6.45) is 2.63. The van der Waals surface area contributed by atoms with E-state index < -0.39 is 10.2 Å². The molecule has 1 atom stereocenters. The van der Waals surface area contributed by atoms with Gasteiger partial charge >= 0.3 is 0 Å². The fourth-order valence-electron chi connectivity index (χ4n) is 2.61. The molecule has 0 spiro atoms. The van der Waals surface area contributed by atoms with Crippen molar-refractivity contribution in [2.45, 2.75) is 19.3 Å². The maximum atomic E-state index is 12.6. The second kappa shape index (κ2) is 7.58. The predicted octanol–water partition coefficient (Wildman–Crippen LogP) is 2.36. The molecule has 0 bridgehead atoms. The minimum absolute atomic E-state index is 0.276. The van der Waals surface area contributed by atoms with E-state index in [1.54, 1.807) is 11.4 Å². The van der Waals surface area contributed by atoms with Crippen molar-refractivity contribution in [3.63, 3.8) is 0 Å². The Labute approximate surface area is 132 Å². The van der Waals surface area contributed by atoms with Gasteiger partial charge in [0, 0.05) is 32.6 Å². The quantitative estimate of drug-likeness (QED) is 0.751. The number of hydrogen-bond acceptors (Lipinski definition) is 2. The van der Waals surface area contributed by atoms with Crippen LogP contribution >= 0.6 is 11.6 Å². The molecule has 0 aliphatic carbocycles. The molecule has 1 aromatic carbocycles. The van der Waals surface area contributed by atoms with Gasteiger partial charge in [-0.3, -0.25) is 0 Å². The van der Waals surface area contributed by atoms with Gasteiger partial charge in [0.05, 0.1) is 0 Å². The number of alkyl halides is 1.